The minimum Gasteiger partial charge on any atom is -0.504 e. The molecule has 146 valence electrons. The monoisotopic (exact) mass is 387 g/mol. The highest BCUT2D eigenvalue weighted by Gasteiger charge is 2.27. The SMILES string of the molecule is CCOc1cc([N+](=O)[O-])cc(C=NNC(=O)C2COc3ccccc3O2)c1O. The van der Waals surface area contributed by atoms with Gasteiger partial charge in [0.1, 0.15) is 6.61 Å². The summed E-state index contributed by atoms with van der Waals surface area (Å²) in [5, 5.41) is 24.9. The molecule has 0 spiro atoms. The Bertz CT molecular complexity index is 929. The molecule has 0 bridgehead atoms. The molecule has 3 rings (SSSR count). The van der Waals surface area contributed by atoms with Crippen LogP contribution < -0.4 is 19.6 Å². The third-order valence-corrected chi connectivity index (χ3v) is 3.78. The van der Waals surface area contributed by atoms with E-state index in [0.717, 1.165) is 18.3 Å². The molecule has 1 heterocycles. The zero-order valence-electron chi connectivity index (χ0n) is 14.8. The van der Waals surface area contributed by atoms with E-state index in [9.17, 15) is 20.0 Å². The Labute approximate surface area is 159 Å². The number of aromatic hydroxyl groups is 1. The fourth-order valence-electron chi connectivity index (χ4n) is 2.47. The summed E-state index contributed by atoms with van der Waals surface area (Å²) in [7, 11) is 0. The Balaban J connectivity index is 1.70. The number of amides is 1. The first kappa shape index (κ1) is 19.0. The molecule has 10 heteroatoms. The molecule has 1 aliphatic rings. The van der Waals surface area contributed by atoms with Crippen molar-refractivity contribution in [3.63, 3.8) is 0 Å². The molecule has 1 atom stereocenters. The van der Waals surface area contributed by atoms with E-state index in [1.807, 2.05) is 0 Å². The van der Waals surface area contributed by atoms with E-state index in [1.165, 1.54) is 0 Å². The van der Waals surface area contributed by atoms with E-state index in [2.05, 4.69) is 10.5 Å². The molecular formula is C18H17N3O7. The molecule has 0 radical (unpaired) electrons. The van der Waals surface area contributed by atoms with Crippen LogP contribution in [0.5, 0.6) is 23.0 Å². The molecule has 1 unspecified atom stereocenters. The van der Waals surface area contributed by atoms with Crippen molar-refractivity contribution in [2.75, 3.05) is 13.2 Å². The summed E-state index contributed by atoms with van der Waals surface area (Å²) in [5.74, 6) is 0.0398. The number of ether oxygens (including phenoxy) is 3. The Kier molecular flexibility index (Phi) is 5.58. The Morgan fingerprint density at radius 2 is 2.18 bits per heavy atom. The van der Waals surface area contributed by atoms with Crippen molar-refractivity contribution >= 4 is 17.8 Å². The van der Waals surface area contributed by atoms with Gasteiger partial charge in [-0.3, -0.25) is 14.9 Å². The number of para-hydroxylation sites is 2. The van der Waals surface area contributed by atoms with Crippen LogP contribution in [0.15, 0.2) is 41.5 Å². The van der Waals surface area contributed by atoms with Gasteiger partial charge >= 0.3 is 0 Å². The molecule has 0 aromatic heterocycles. The van der Waals surface area contributed by atoms with Gasteiger partial charge in [0.15, 0.2) is 23.0 Å². The lowest BCUT2D eigenvalue weighted by Crippen LogP contribution is -2.42. The fraction of sp³-hybridized carbons (Fsp3) is 0.222. The maximum Gasteiger partial charge on any atom is 0.284 e. The minimum atomic E-state index is -0.912. The van der Waals surface area contributed by atoms with Gasteiger partial charge in [0.2, 0.25) is 6.10 Å². The largest absolute Gasteiger partial charge is 0.504 e. The molecular weight excluding hydrogens is 370 g/mol. The van der Waals surface area contributed by atoms with E-state index in [4.69, 9.17) is 14.2 Å². The molecule has 2 aromatic rings. The molecule has 10 nitrogen and oxygen atoms in total. The highest BCUT2D eigenvalue weighted by atomic mass is 16.6. The number of phenolic OH excluding ortho intramolecular Hbond substituents is 1. The number of carbonyl (C=O) groups is 1. The van der Waals surface area contributed by atoms with Crippen LogP contribution in [-0.2, 0) is 4.79 Å². The molecule has 0 saturated carbocycles. The van der Waals surface area contributed by atoms with E-state index in [-0.39, 0.29) is 36.0 Å². The maximum absolute atomic E-state index is 12.2. The first-order chi connectivity index (χ1) is 13.5. The van der Waals surface area contributed by atoms with Crippen LogP contribution in [0.25, 0.3) is 0 Å². The second-order valence-corrected chi connectivity index (χ2v) is 5.67. The number of hydrazone groups is 1. The number of rotatable bonds is 6. The summed E-state index contributed by atoms with van der Waals surface area (Å²) in [6.07, 6.45) is 0.171. The normalized spacial score (nSPS) is 15.2. The summed E-state index contributed by atoms with van der Waals surface area (Å²) in [4.78, 5) is 22.6. The topological polar surface area (TPSA) is 133 Å². The van der Waals surface area contributed by atoms with Crippen molar-refractivity contribution in [3.05, 3.63) is 52.1 Å². The average Bonchev–Trinajstić information content (AvgIpc) is 2.70. The van der Waals surface area contributed by atoms with E-state index in [0.29, 0.717) is 11.5 Å². The van der Waals surface area contributed by atoms with Crippen LogP contribution in [0.3, 0.4) is 0 Å². The van der Waals surface area contributed by atoms with Gasteiger partial charge in [-0.25, -0.2) is 5.43 Å². The second-order valence-electron chi connectivity index (χ2n) is 5.67. The Morgan fingerprint density at radius 3 is 2.89 bits per heavy atom. The van der Waals surface area contributed by atoms with Gasteiger partial charge in [-0.1, -0.05) is 12.1 Å². The van der Waals surface area contributed by atoms with Crippen molar-refractivity contribution in [2.24, 2.45) is 5.10 Å². The number of nitrogens with one attached hydrogen (secondary N) is 1. The lowest BCUT2D eigenvalue weighted by atomic mass is 10.1. The maximum atomic E-state index is 12.2. The zero-order chi connectivity index (χ0) is 20.1. The molecule has 1 aliphatic heterocycles. The van der Waals surface area contributed by atoms with Crippen molar-refractivity contribution < 1.29 is 29.0 Å². The quantitative estimate of drug-likeness (QED) is 0.440. The molecule has 0 fully saturated rings. The second kappa shape index (κ2) is 8.25. The lowest BCUT2D eigenvalue weighted by Gasteiger charge is -2.24. The molecule has 0 saturated heterocycles. The third kappa shape index (κ3) is 4.11. The van der Waals surface area contributed by atoms with Crippen LogP contribution in [0.4, 0.5) is 5.69 Å². The summed E-state index contributed by atoms with van der Waals surface area (Å²) in [6.45, 7) is 1.90. The number of non-ortho nitro benzene ring substituents is 1. The number of carbonyl (C=O) groups excluding carboxylic acids is 1. The van der Waals surface area contributed by atoms with Crippen molar-refractivity contribution in [1.29, 1.82) is 0 Å². The van der Waals surface area contributed by atoms with Gasteiger partial charge in [-0.15, -0.1) is 0 Å². The number of nitro groups is 1. The molecule has 2 aromatic carbocycles. The molecule has 28 heavy (non-hydrogen) atoms. The van der Waals surface area contributed by atoms with Gasteiger partial charge in [0, 0.05) is 11.6 Å². The number of nitrogens with zero attached hydrogens (tertiary/aromatic N) is 2. The number of benzene rings is 2. The predicted molar refractivity (Wildman–Crippen MR) is 98.0 cm³/mol. The van der Waals surface area contributed by atoms with E-state index in [1.54, 1.807) is 31.2 Å². The van der Waals surface area contributed by atoms with Crippen LogP contribution in [0, 0.1) is 10.1 Å². The van der Waals surface area contributed by atoms with Gasteiger partial charge in [0.25, 0.3) is 11.6 Å². The van der Waals surface area contributed by atoms with Gasteiger partial charge in [-0.2, -0.15) is 5.10 Å². The van der Waals surface area contributed by atoms with E-state index < -0.39 is 16.9 Å². The average molecular weight is 387 g/mol. The standard InChI is InChI=1S/C18H17N3O7/c1-2-26-15-8-12(21(24)25)7-11(17(15)22)9-19-20-18(23)16-10-27-13-5-3-4-6-14(13)28-16/h3-9,16,22H,2,10H2,1H3,(H,20,23). The van der Waals surface area contributed by atoms with Crippen LogP contribution in [0.2, 0.25) is 0 Å². The first-order valence-corrected chi connectivity index (χ1v) is 8.35. The van der Waals surface area contributed by atoms with Crippen molar-refractivity contribution in [2.45, 2.75) is 13.0 Å². The molecule has 1 amide bonds. The van der Waals surface area contributed by atoms with Gasteiger partial charge in [-0.05, 0) is 19.1 Å². The summed E-state index contributed by atoms with van der Waals surface area (Å²) in [6, 6.07) is 9.16. The van der Waals surface area contributed by atoms with Crippen LogP contribution in [-0.4, -0.2) is 41.5 Å². The van der Waals surface area contributed by atoms with Gasteiger partial charge in [0.05, 0.1) is 23.8 Å². The van der Waals surface area contributed by atoms with Crippen molar-refractivity contribution in [3.8, 4) is 23.0 Å². The number of fused-ring (bicyclic) bond motifs is 1. The number of hydrogen-bond donors (Lipinski definition) is 2. The number of phenols is 1. The summed E-state index contributed by atoms with van der Waals surface area (Å²) in [5.41, 5.74) is 2.00. The van der Waals surface area contributed by atoms with Gasteiger partial charge < -0.3 is 19.3 Å². The minimum absolute atomic E-state index is 0.00884. The van der Waals surface area contributed by atoms with E-state index >= 15 is 0 Å². The number of hydrogen-bond acceptors (Lipinski definition) is 8. The lowest BCUT2D eigenvalue weighted by molar-refractivity contribution is -0.385. The highest BCUT2D eigenvalue weighted by Crippen LogP contribution is 2.34. The Hall–Kier alpha value is -3.82. The third-order valence-electron chi connectivity index (χ3n) is 3.78. The Morgan fingerprint density at radius 1 is 1.43 bits per heavy atom. The smallest absolute Gasteiger partial charge is 0.284 e. The zero-order valence-corrected chi connectivity index (χ0v) is 14.8. The van der Waals surface area contributed by atoms with Crippen LogP contribution >= 0.6 is 0 Å². The first-order valence-electron chi connectivity index (χ1n) is 8.35. The highest BCUT2D eigenvalue weighted by molar-refractivity contribution is 5.88. The van der Waals surface area contributed by atoms with Crippen LogP contribution in [0.1, 0.15) is 12.5 Å². The van der Waals surface area contributed by atoms with Crippen molar-refractivity contribution in [1.82, 2.24) is 5.43 Å². The fourth-order valence-corrected chi connectivity index (χ4v) is 2.47. The predicted octanol–water partition coefficient (Wildman–Crippen LogP) is 1.99. The number of nitro benzene ring substituents is 1. The summed E-state index contributed by atoms with van der Waals surface area (Å²) >= 11 is 0. The summed E-state index contributed by atoms with van der Waals surface area (Å²) < 4.78 is 16.2. The molecule has 0 aliphatic carbocycles. The molecule has 2 N–H and O–H groups in total.